The predicted octanol–water partition coefficient (Wildman–Crippen LogP) is 1.30. The molecule has 0 bridgehead atoms. The van der Waals surface area contributed by atoms with Crippen LogP contribution < -0.4 is 5.32 Å². The van der Waals surface area contributed by atoms with Crippen molar-refractivity contribution in [2.45, 2.75) is 18.4 Å². The number of carboxylic acid groups (broad SMARTS) is 1. The van der Waals surface area contributed by atoms with E-state index in [4.69, 9.17) is 5.11 Å². The number of rotatable bonds is 1. The van der Waals surface area contributed by atoms with Crippen molar-refractivity contribution < 1.29 is 9.90 Å². The number of nitrogens with zero attached hydrogens (tertiary/aromatic N) is 1. The predicted molar refractivity (Wildman–Crippen MR) is 60.3 cm³/mol. The highest BCUT2D eigenvalue weighted by Gasteiger charge is 2.38. The Labute approximate surface area is 93.0 Å². The lowest BCUT2D eigenvalue weighted by Crippen LogP contribution is -2.49. The third-order valence-corrected chi connectivity index (χ3v) is 3.24. The summed E-state index contributed by atoms with van der Waals surface area (Å²) < 4.78 is 0. The highest BCUT2D eigenvalue weighted by Crippen LogP contribution is 2.39. The van der Waals surface area contributed by atoms with Crippen LogP contribution in [-0.4, -0.2) is 29.4 Å². The molecule has 2 unspecified atom stereocenters. The zero-order valence-corrected chi connectivity index (χ0v) is 8.68. The van der Waals surface area contributed by atoms with E-state index in [2.05, 4.69) is 10.3 Å². The minimum Gasteiger partial charge on any atom is -0.480 e. The summed E-state index contributed by atoms with van der Waals surface area (Å²) in [6, 6.07) is 7.28. The van der Waals surface area contributed by atoms with Crippen LogP contribution in [0, 0.1) is 0 Å². The SMILES string of the molecule is O=C(O)C1NCCC2C1=Nc1ccccc12. The topological polar surface area (TPSA) is 61.7 Å². The first-order chi connectivity index (χ1) is 7.77. The van der Waals surface area contributed by atoms with E-state index in [1.165, 1.54) is 5.56 Å². The van der Waals surface area contributed by atoms with E-state index < -0.39 is 12.0 Å². The Morgan fingerprint density at radius 2 is 2.25 bits per heavy atom. The quantitative estimate of drug-likeness (QED) is 0.743. The smallest absolute Gasteiger partial charge is 0.326 e. The number of benzene rings is 1. The van der Waals surface area contributed by atoms with Gasteiger partial charge in [0.05, 0.1) is 11.4 Å². The molecule has 82 valence electrons. The van der Waals surface area contributed by atoms with Crippen molar-refractivity contribution in [3.8, 4) is 0 Å². The lowest BCUT2D eigenvalue weighted by atomic mass is 9.86. The summed E-state index contributed by atoms with van der Waals surface area (Å²) in [5.74, 6) is -0.644. The average Bonchev–Trinajstić information content (AvgIpc) is 2.67. The molecule has 4 nitrogen and oxygen atoms in total. The highest BCUT2D eigenvalue weighted by molar-refractivity contribution is 6.12. The Bertz CT molecular complexity index is 482. The van der Waals surface area contributed by atoms with Crippen molar-refractivity contribution >= 4 is 17.4 Å². The molecule has 1 aromatic rings. The fourth-order valence-electron chi connectivity index (χ4n) is 2.52. The van der Waals surface area contributed by atoms with Crippen LogP contribution >= 0.6 is 0 Å². The third-order valence-electron chi connectivity index (χ3n) is 3.24. The van der Waals surface area contributed by atoms with E-state index in [9.17, 15) is 4.79 Å². The maximum atomic E-state index is 11.1. The molecule has 4 heteroatoms. The first-order valence-electron chi connectivity index (χ1n) is 5.41. The Hall–Kier alpha value is -1.68. The van der Waals surface area contributed by atoms with Gasteiger partial charge >= 0.3 is 5.97 Å². The van der Waals surface area contributed by atoms with Gasteiger partial charge < -0.3 is 5.11 Å². The first-order valence-corrected chi connectivity index (χ1v) is 5.41. The van der Waals surface area contributed by atoms with Gasteiger partial charge in [-0.3, -0.25) is 15.1 Å². The van der Waals surface area contributed by atoms with Gasteiger partial charge in [0, 0.05) is 5.92 Å². The number of hydrogen-bond donors (Lipinski definition) is 2. The van der Waals surface area contributed by atoms with Crippen LogP contribution in [-0.2, 0) is 4.79 Å². The largest absolute Gasteiger partial charge is 0.480 e. The molecule has 2 aliphatic rings. The van der Waals surface area contributed by atoms with Crippen LogP contribution in [0.1, 0.15) is 17.9 Å². The fraction of sp³-hybridized carbons (Fsp3) is 0.333. The molecular weight excluding hydrogens is 204 g/mol. The molecule has 0 aliphatic carbocycles. The van der Waals surface area contributed by atoms with E-state index in [-0.39, 0.29) is 5.92 Å². The number of fused-ring (bicyclic) bond motifs is 3. The summed E-state index contributed by atoms with van der Waals surface area (Å²) in [7, 11) is 0. The summed E-state index contributed by atoms with van der Waals surface area (Å²) in [6.07, 6.45) is 0.930. The van der Waals surface area contributed by atoms with Crippen molar-refractivity contribution in [3.63, 3.8) is 0 Å². The normalized spacial score (nSPS) is 26.9. The molecule has 2 N–H and O–H groups in total. The fourth-order valence-corrected chi connectivity index (χ4v) is 2.52. The molecule has 16 heavy (non-hydrogen) atoms. The minimum atomic E-state index is -0.837. The van der Waals surface area contributed by atoms with Gasteiger partial charge in [-0.25, -0.2) is 0 Å². The number of carboxylic acids is 1. The molecule has 1 fully saturated rings. The van der Waals surface area contributed by atoms with Crippen molar-refractivity contribution in [2.24, 2.45) is 4.99 Å². The van der Waals surface area contributed by atoms with E-state index in [0.717, 1.165) is 24.4 Å². The molecule has 3 rings (SSSR count). The molecular formula is C12H12N2O2. The molecule has 0 radical (unpaired) electrons. The lowest BCUT2D eigenvalue weighted by molar-refractivity contribution is -0.137. The average molecular weight is 216 g/mol. The van der Waals surface area contributed by atoms with Crippen molar-refractivity contribution in [2.75, 3.05) is 6.54 Å². The summed E-state index contributed by atoms with van der Waals surface area (Å²) >= 11 is 0. The van der Waals surface area contributed by atoms with E-state index in [1.54, 1.807) is 0 Å². The first kappa shape index (κ1) is 9.54. The summed E-state index contributed by atoms with van der Waals surface area (Å²) in [5, 5.41) is 12.1. The number of aliphatic carboxylic acids is 1. The molecule has 0 saturated carbocycles. The van der Waals surface area contributed by atoms with Crippen LogP contribution in [0.5, 0.6) is 0 Å². The number of piperidine rings is 1. The van der Waals surface area contributed by atoms with Gasteiger partial charge in [-0.15, -0.1) is 0 Å². The minimum absolute atomic E-state index is 0.193. The highest BCUT2D eigenvalue weighted by atomic mass is 16.4. The Kier molecular flexibility index (Phi) is 2.04. The number of carbonyl (C=O) groups is 1. The van der Waals surface area contributed by atoms with Crippen LogP contribution in [0.25, 0.3) is 0 Å². The summed E-state index contributed by atoms with van der Waals surface area (Å²) in [4.78, 5) is 15.6. The molecule has 0 aromatic heterocycles. The molecule has 1 saturated heterocycles. The van der Waals surface area contributed by atoms with Crippen molar-refractivity contribution in [1.82, 2.24) is 5.32 Å². The van der Waals surface area contributed by atoms with Gasteiger partial charge in [0.25, 0.3) is 0 Å². The summed E-state index contributed by atoms with van der Waals surface area (Å²) in [5.41, 5.74) is 2.86. The maximum Gasteiger partial charge on any atom is 0.326 e. The maximum absolute atomic E-state index is 11.1. The second-order valence-corrected chi connectivity index (χ2v) is 4.16. The van der Waals surface area contributed by atoms with Gasteiger partial charge in [-0.05, 0) is 24.6 Å². The Balaban J connectivity index is 2.05. The number of para-hydroxylation sites is 1. The molecule has 1 aromatic carbocycles. The zero-order chi connectivity index (χ0) is 11.1. The Morgan fingerprint density at radius 1 is 1.44 bits per heavy atom. The van der Waals surface area contributed by atoms with Gasteiger partial charge in [0.1, 0.15) is 6.04 Å². The van der Waals surface area contributed by atoms with Crippen molar-refractivity contribution in [3.05, 3.63) is 29.8 Å². The van der Waals surface area contributed by atoms with Crippen LogP contribution in [0.3, 0.4) is 0 Å². The number of aliphatic imine (C=N–C) groups is 1. The molecule has 2 atom stereocenters. The van der Waals surface area contributed by atoms with Gasteiger partial charge in [0.15, 0.2) is 0 Å². The van der Waals surface area contributed by atoms with Crippen molar-refractivity contribution in [1.29, 1.82) is 0 Å². The monoisotopic (exact) mass is 216 g/mol. The van der Waals surface area contributed by atoms with Gasteiger partial charge in [0.2, 0.25) is 0 Å². The molecule has 0 spiro atoms. The van der Waals surface area contributed by atoms with E-state index in [1.807, 2.05) is 24.3 Å². The standard InChI is InChI=1S/C12H12N2O2/c15-12(16)11-10-8(5-6-13-11)7-3-1-2-4-9(7)14-10/h1-4,8,11,13H,5-6H2,(H,15,16). The van der Waals surface area contributed by atoms with Gasteiger partial charge in [-0.1, -0.05) is 18.2 Å². The van der Waals surface area contributed by atoms with E-state index >= 15 is 0 Å². The van der Waals surface area contributed by atoms with Gasteiger partial charge in [-0.2, -0.15) is 0 Å². The van der Waals surface area contributed by atoms with Crippen LogP contribution in [0.2, 0.25) is 0 Å². The van der Waals surface area contributed by atoms with E-state index in [0.29, 0.717) is 0 Å². The third kappa shape index (κ3) is 1.27. The number of hydrogen-bond acceptors (Lipinski definition) is 3. The molecule has 0 amide bonds. The number of nitrogens with one attached hydrogen (secondary N) is 1. The Morgan fingerprint density at radius 3 is 3.06 bits per heavy atom. The molecule has 2 aliphatic heterocycles. The zero-order valence-electron chi connectivity index (χ0n) is 8.68. The summed E-state index contributed by atoms with van der Waals surface area (Å²) in [6.45, 7) is 0.731. The van der Waals surface area contributed by atoms with Crippen LogP contribution in [0.15, 0.2) is 29.3 Å². The second-order valence-electron chi connectivity index (χ2n) is 4.16. The van der Waals surface area contributed by atoms with Crippen LogP contribution in [0.4, 0.5) is 5.69 Å². The second kappa shape index (κ2) is 3.42. The molecule has 2 heterocycles. The lowest BCUT2D eigenvalue weighted by Gasteiger charge is -2.26.